The number of fused-ring (bicyclic) bond motifs is 20. The molecule has 7 heterocycles. The summed E-state index contributed by atoms with van der Waals surface area (Å²) < 4.78 is 14.8. The van der Waals surface area contributed by atoms with E-state index in [1.165, 1.54) is 0 Å². The van der Waals surface area contributed by atoms with Crippen molar-refractivity contribution in [3.05, 3.63) is 276 Å². The highest BCUT2D eigenvalue weighted by molar-refractivity contribution is 7.99. The maximum absolute atomic E-state index is 10.3. The van der Waals surface area contributed by atoms with Gasteiger partial charge >= 0.3 is 0 Å². The summed E-state index contributed by atoms with van der Waals surface area (Å²) in [6.07, 6.45) is 3.92. The molecule has 15 aromatic rings. The van der Waals surface area contributed by atoms with E-state index in [4.69, 9.17) is 14.7 Å². The monoisotopic (exact) mass is 1100 g/mol. The molecule has 1 aliphatic carbocycles. The highest BCUT2D eigenvalue weighted by Crippen LogP contribution is 2.66. The Balaban J connectivity index is 1.01. The molecular weight excluding hydrogens is 1060 g/mol. The minimum absolute atomic E-state index is 0.522. The Morgan fingerprint density at radius 3 is 1.25 bits per heavy atom. The molecule has 0 N–H and O–H groups in total. The zero-order valence-electron chi connectivity index (χ0n) is 44.9. The quantitative estimate of drug-likeness (QED) is 0.171. The number of ether oxygens (including phenoxy) is 1. The number of hydrogen-bond donors (Lipinski definition) is 0. The standard InChI is InChI=1S/C74H39N9OS/c75-38-43-29-32-63-51(33-43)50-15-3-6-20-60(50)82(63)66-23-11-16-54-72(66)84-73-55(17-12-24-67(73)83-64-21-7-9-25-68(64)85-69-26-10-8-22-65(69)83)74(54)56-36-46(80-58-18-4-1-13-48(58)49-14-2-5-19-59(49)80)41-78-70(56)71-57(74)37-47(42-79-71)81-61-30-27-44(39-76)34-52(61)53-35-45(40-77)28-31-62(53)81/h1-37,41-42H. The molecule has 5 aromatic heterocycles. The van der Waals surface area contributed by atoms with Gasteiger partial charge < -0.3 is 23.3 Å². The zero-order chi connectivity index (χ0) is 56.2. The molecule has 0 amide bonds. The van der Waals surface area contributed by atoms with Crippen molar-refractivity contribution in [3.8, 4) is 58.2 Å². The van der Waals surface area contributed by atoms with E-state index >= 15 is 0 Å². The van der Waals surface area contributed by atoms with Gasteiger partial charge in [-0.25, -0.2) is 0 Å². The van der Waals surface area contributed by atoms with Gasteiger partial charge in [0.25, 0.3) is 0 Å². The fourth-order valence-electron chi connectivity index (χ4n) is 14.2. The first-order valence-electron chi connectivity index (χ1n) is 28.0. The molecule has 1 unspecified atom stereocenters. The first-order valence-corrected chi connectivity index (χ1v) is 28.8. The number of nitrogens with zero attached hydrogens (tertiary/aromatic N) is 9. The molecule has 0 saturated carbocycles. The van der Waals surface area contributed by atoms with Gasteiger partial charge in [-0.3, -0.25) is 9.97 Å². The predicted molar refractivity (Wildman–Crippen MR) is 335 cm³/mol. The van der Waals surface area contributed by atoms with E-state index in [9.17, 15) is 15.8 Å². The lowest BCUT2D eigenvalue weighted by Gasteiger charge is -2.42. The van der Waals surface area contributed by atoms with E-state index in [0.717, 1.165) is 143 Å². The Bertz CT molecular complexity index is 5480. The summed E-state index contributed by atoms with van der Waals surface area (Å²) in [6.45, 7) is 0. The number of hydrogen-bond acceptors (Lipinski definition) is 8. The molecule has 2 aliphatic heterocycles. The predicted octanol–water partition coefficient (Wildman–Crippen LogP) is 17.8. The molecule has 0 fully saturated rings. The van der Waals surface area contributed by atoms with Gasteiger partial charge in [-0.15, -0.1) is 0 Å². The SMILES string of the molecule is N#Cc1ccc2c(c1)c1cc(C#N)ccc1n2-c1cnc2c(c1)C1(c3cc(-n4c5ccccc5c5ccccc54)cnc3-2)c2cccc(N3c4ccccc4Sc4ccccc43)c2Oc2c(-n3c4ccccc4c4cc(C#N)ccc43)cccc21. The molecule has 3 aliphatic rings. The minimum atomic E-state index is -1.18. The Morgan fingerprint density at radius 2 is 0.741 bits per heavy atom. The van der Waals surface area contributed by atoms with Gasteiger partial charge in [0.2, 0.25) is 0 Å². The summed E-state index contributed by atoms with van der Waals surface area (Å²) in [6, 6.07) is 84.8. The molecule has 0 bridgehead atoms. The molecule has 11 heteroatoms. The topological polar surface area (TPSA) is 124 Å². The Labute approximate surface area is 489 Å². The van der Waals surface area contributed by atoms with Crippen molar-refractivity contribution in [1.82, 2.24) is 23.7 Å². The van der Waals surface area contributed by atoms with E-state index in [-0.39, 0.29) is 0 Å². The van der Waals surface area contributed by atoms with Crippen LogP contribution in [0, 0.1) is 34.0 Å². The van der Waals surface area contributed by atoms with Crippen molar-refractivity contribution in [2.75, 3.05) is 4.90 Å². The largest absolute Gasteiger partial charge is 0.452 e. The average molecular weight is 1100 g/mol. The number of aromatic nitrogens is 5. The number of para-hydroxylation sites is 7. The summed E-state index contributed by atoms with van der Waals surface area (Å²) in [7, 11) is 0. The second-order valence-electron chi connectivity index (χ2n) is 21.8. The summed E-state index contributed by atoms with van der Waals surface area (Å²) >= 11 is 1.76. The number of benzene rings is 10. The highest BCUT2D eigenvalue weighted by Gasteiger charge is 2.54. The van der Waals surface area contributed by atoms with Crippen LogP contribution in [0.25, 0.3) is 93.9 Å². The van der Waals surface area contributed by atoms with Gasteiger partial charge in [0.1, 0.15) is 0 Å². The maximum Gasteiger partial charge on any atom is 0.156 e. The van der Waals surface area contributed by atoms with E-state index in [0.29, 0.717) is 28.2 Å². The third-order valence-electron chi connectivity index (χ3n) is 17.6. The van der Waals surface area contributed by atoms with Crippen molar-refractivity contribution in [2.24, 2.45) is 0 Å². The van der Waals surface area contributed by atoms with Gasteiger partial charge in [-0.2, -0.15) is 15.8 Å². The van der Waals surface area contributed by atoms with Crippen LogP contribution < -0.4 is 9.64 Å². The van der Waals surface area contributed by atoms with E-state index in [2.05, 4.69) is 201 Å². The summed E-state index contributed by atoms with van der Waals surface area (Å²) in [4.78, 5) is 15.8. The Hall–Kier alpha value is -11.7. The molecular formula is C74H39N9OS. The lowest BCUT2D eigenvalue weighted by molar-refractivity contribution is 0.435. The zero-order valence-corrected chi connectivity index (χ0v) is 45.7. The minimum Gasteiger partial charge on any atom is -0.452 e. The fraction of sp³-hybridized carbons (Fsp3) is 0.0135. The molecule has 10 aromatic carbocycles. The van der Waals surface area contributed by atoms with Gasteiger partial charge in [-0.1, -0.05) is 115 Å². The maximum atomic E-state index is 10.3. The molecule has 10 nitrogen and oxygen atoms in total. The van der Waals surface area contributed by atoms with Gasteiger partial charge in [0.05, 0.1) is 131 Å². The fourth-order valence-corrected chi connectivity index (χ4v) is 15.2. The molecule has 1 spiro atoms. The second kappa shape index (κ2) is 17.4. The molecule has 1 atom stereocenters. The van der Waals surface area contributed by atoms with Crippen LogP contribution in [0.15, 0.2) is 247 Å². The van der Waals surface area contributed by atoms with E-state index < -0.39 is 5.41 Å². The van der Waals surface area contributed by atoms with Crippen molar-refractivity contribution in [1.29, 1.82) is 15.8 Å². The van der Waals surface area contributed by atoms with Crippen LogP contribution >= 0.6 is 11.8 Å². The van der Waals surface area contributed by atoms with Crippen LogP contribution in [-0.4, -0.2) is 23.7 Å². The van der Waals surface area contributed by atoms with Crippen molar-refractivity contribution < 1.29 is 4.74 Å². The molecule has 18 rings (SSSR count). The average Bonchev–Trinajstić information content (AvgIpc) is 3.79. The number of rotatable bonds is 4. The first kappa shape index (κ1) is 47.0. The number of nitriles is 3. The normalized spacial score (nSPS) is 14.4. The van der Waals surface area contributed by atoms with Crippen LogP contribution in [-0.2, 0) is 5.41 Å². The van der Waals surface area contributed by atoms with Crippen molar-refractivity contribution in [3.63, 3.8) is 0 Å². The molecule has 85 heavy (non-hydrogen) atoms. The first-order chi connectivity index (χ1) is 42.0. The van der Waals surface area contributed by atoms with E-state index in [1.54, 1.807) is 11.8 Å². The Kier molecular flexibility index (Phi) is 9.63. The van der Waals surface area contributed by atoms with Crippen LogP contribution in [0.3, 0.4) is 0 Å². The van der Waals surface area contributed by atoms with E-state index in [1.807, 2.05) is 73.1 Å². The summed E-state index contributed by atoms with van der Waals surface area (Å²) in [5, 5.41) is 36.7. The van der Waals surface area contributed by atoms with Crippen LogP contribution in [0.2, 0.25) is 0 Å². The number of pyridine rings is 2. The van der Waals surface area contributed by atoms with Gasteiger partial charge in [0.15, 0.2) is 11.5 Å². The van der Waals surface area contributed by atoms with Crippen LogP contribution in [0.1, 0.15) is 38.9 Å². The third kappa shape index (κ3) is 6.30. The molecule has 0 radical (unpaired) electrons. The summed E-state index contributed by atoms with van der Waals surface area (Å²) in [5.74, 6) is 1.32. The summed E-state index contributed by atoms with van der Waals surface area (Å²) in [5.41, 5.74) is 16.7. The smallest absolute Gasteiger partial charge is 0.156 e. The number of anilines is 3. The second-order valence-corrected chi connectivity index (χ2v) is 22.9. The highest BCUT2D eigenvalue weighted by atomic mass is 32.2. The van der Waals surface area contributed by atoms with Crippen molar-refractivity contribution >= 4 is 94.2 Å². The van der Waals surface area contributed by atoms with Crippen LogP contribution in [0.4, 0.5) is 17.1 Å². The van der Waals surface area contributed by atoms with Crippen LogP contribution in [0.5, 0.6) is 11.5 Å². The molecule has 392 valence electrons. The van der Waals surface area contributed by atoms with Gasteiger partial charge in [0, 0.05) is 64.4 Å². The van der Waals surface area contributed by atoms with Gasteiger partial charge in [-0.05, 0) is 121 Å². The lowest BCUT2D eigenvalue weighted by atomic mass is 9.66. The lowest BCUT2D eigenvalue weighted by Crippen LogP contribution is -2.33. The third-order valence-corrected chi connectivity index (χ3v) is 18.7. The van der Waals surface area contributed by atoms with Crippen molar-refractivity contribution in [2.45, 2.75) is 15.2 Å². The molecule has 0 saturated heterocycles. The Morgan fingerprint density at radius 1 is 0.353 bits per heavy atom.